The van der Waals surface area contributed by atoms with E-state index in [9.17, 15) is 0 Å². The first kappa shape index (κ1) is 26.2. The van der Waals surface area contributed by atoms with Crippen molar-refractivity contribution in [2.24, 2.45) is 0 Å². The number of hydrogen-bond acceptors (Lipinski definition) is 4. The van der Waals surface area contributed by atoms with Crippen molar-refractivity contribution in [1.29, 1.82) is 0 Å². The molecule has 4 heteroatoms. The molecule has 0 aliphatic rings. The summed E-state index contributed by atoms with van der Waals surface area (Å²) >= 11 is 0. The molecule has 0 radical (unpaired) electrons. The zero-order valence-electron chi connectivity index (χ0n) is 24.8. The summed E-state index contributed by atoms with van der Waals surface area (Å²) in [5.41, 5.74) is 7.58. The molecule has 0 aliphatic heterocycles. The van der Waals surface area contributed by atoms with Gasteiger partial charge in [0.2, 0.25) is 0 Å². The van der Waals surface area contributed by atoms with Crippen LogP contribution >= 0.6 is 0 Å². The lowest BCUT2D eigenvalue weighted by Gasteiger charge is -2.16. The minimum atomic E-state index is 0.670. The summed E-state index contributed by atoms with van der Waals surface area (Å²) in [4.78, 5) is 19.9. The van der Waals surface area contributed by atoms with Crippen molar-refractivity contribution in [3.8, 4) is 45.2 Å². The lowest BCUT2D eigenvalue weighted by molar-refractivity contribution is 1.18. The van der Waals surface area contributed by atoms with E-state index in [1.54, 1.807) is 0 Å². The fourth-order valence-corrected chi connectivity index (χ4v) is 6.63. The average molecular weight is 587 g/mol. The van der Waals surface area contributed by atoms with Crippen LogP contribution in [0.5, 0.6) is 0 Å². The third-order valence-corrected chi connectivity index (χ3v) is 8.73. The van der Waals surface area contributed by atoms with E-state index in [1.165, 1.54) is 26.9 Å². The second kappa shape index (κ2) is 10.7. The van der Waals surface area contributed by atoms with Crippen LogP contribution in [0.25, 0.3) is 88.4 Å². The summed E-state index contributed by atoms with van der Waals surface area (Å²) in [7, 11) is 0. The molecule has 0 spiro atoms. The summed E-state index contributed by atoms with van der Waals surface area (Å²) in [6.45, 7) is 0. The molecule has 0 amide bonds. The maximum atomic E-state index is 5.29. The van der Waals surface area contributed by atoms with E-state index in [0.717, 1.165) is 55.6 Å². The summed E-state index contributed by atoms with van der Waals surface area (Å²) in [5.74, 6) is 0.670. The van der Waals surface area contributed by atoms with Gasteiger partial charge in [0.1, 0.15) is 0 Å². The number of hydrogen-bond donors (Lipinski definition) is 0. The van der Waals surface area contributed by atoms with Crippen LogP contribution in [-0.4, -0.2) is 19.9 Å². The van der Waals surface area contributed by atoms with Crippen molar-refractivity contribution < 1.29 is 0 Å². The Morgan fingerprint density at radius 2 is 0.913 bits per heavy atom. The van der Waals surface area contributed by atoms with Gasteiger partial charge in [-0.25, -0.2) is 15.0 Å². The molecule has 4 nitrogen and oxygen atoms in total. The van der Waals surface area contributed by atoms with Crippen LogP contribution in [0.4, 0.5) is 0 Å². The van der Waals surface area contributed by atoms with Crippen molar-refractivity contribution in [2.75, 3.05) is 0 Å². The van der Waals surface area contributed by atoms with Crippen molar-refractivity contribution in [1.82, 2.24) is 19.9 Å². The van der Waals surface area contributed by atoms with Gasteiger partial charge in [0.25, 0.3) is 0 Å². The largest absolute Gasteiger partial charge is 0.262 e. The Morgan fingerprint density at radius 1 is 0.370 bits per heavy atom. The number of aromatic nitrogens is 4. The van der Waals surface area contributed by atoms with E-state index < -0.39 is 0 Å². The molecule has 0 saturated carbocycles. The zero-order valence-corrected chi connectivity index (χ0v) is 24.8. The summed E-state index contributed by atoms with van der Waals surface area (Å²) in [5, 5.41) is 8.25. The molecule has 0 bridgehead atoms. The Hall–Kier alpha value is -6.26. The molecule has 214 valence electrons. The molecule has 9 rings (SSSR count). The van der Waals surface area contributed by atoms with E-state index in [2.05, 4.69) is 114 Å². The molecule has 0 unspecified atom stereocenters. The molecular weight excluding hydrogens is 560 g/mol. The highest BCUT2D eigenvalue weighted by Crippen LogP contribution is 2.43. The fraction of sp³-hybridized carbons (Fsp3) is 0. The van der Waals surface area contributed by atoms with Gasteiger partial charge in [-0.3, -0.25) is 4.98 Å². The summed E-state index contributed by atoms with van der Waals surface area (Å²) < 4.78 is 0. The molecule has 0 aliphatic carbocycles. The first-order chi connectivity index (χ1) is 22.8. The Kier molecular flexibility index (Phi) is 6.10. The third kappa shape index (κ3) is 4.31. The van der Waals surface area contributed by atoms with E-state index >= 15 is 0 Å². The number of rotatable bonds is 4. The summed E-state index contributed by atoms with van der Waals surface area (Å²) in [6, 6.07) is 50.5. The molecule has 46 heavy (non-hydrogen) atoms. The molecular formula is C42H26N4. The smallest absolute Gasteiger partial charge is 0.160 e. The molecule has 0 saturated heterocycles. The molecule has 0 atom stereocenters. The van der Waals surface area contributed by atoms with Gasteiger partial charge >= 0.3 is 0 Å². The predicted octanol–water partition coefficient (Wildman–Crippen LogP) is 10.5. The standard InChI is InChI=1S/C42H26N4/c1-3-12-27(13-4-1)36-25-37(28-14-5-2-6-15-28)46-42(45-36)30-17-11-16-29(24-30)41-40-34-21-10-8-19-32(34)31-18-7-9-20-33(31)39(40)35-22-23-43-26-38(35)44-41/h1-26H. The van der Waals surface area contributed by atoms with E-state index in [4.69, 9.17) is 15.0 Å². The number of pyridine rings is 2. The van der Waals surface area contributed by atoms with Gasteiger partial charge in [0.05, 0.1) is 28.8 Å². The number of nitrogens with zero attached hydrogens (tertiary/aromatic N) is 4. The quantitative estimate of drug-likeness (QED) is 0.193. The molecule has 0 N–H and O–H groups in total. The first-order valence-electron chi connectivity index (χ1n) is 15.4. The van der Waals surface area contributed by atoms with Crippen molar-refractivity contribution in [3.05, 3.63) is 158 Å². The second-order valence-electron chi connectivity index (χ2n) is 11.5. The van der Waals surface area contributed by atoms with Crippen LogP contribution in [0.3, 0.4) is 0 Å². The second-order valence-corrected chi connectivity index (χ2v) is 11.5. The van der Waals surface area contributed by atoms with Gasteiger partial charge in [-0.15, -0.1) is 0 Å². The monoisotopic (exact) mass is 586 g/mol. The van der Waals surface area contributed by atoms with Crippen LogP contribution in [-0.2, 0) is 0 Å². The highest BCUT2D eigenvalue weighted by molar-refractivity contribution is 6.33. The lowest BCUT2D eigenvalue weighted by atomic mass is 9.90. The maximum Gasteiger partial charge on any atom is 0.160 e. The van der Waals surface area contributed by atoms with Crippen LogP contribution < -0.4 is 0 Å². The Labute approximate surface area is 265 Å². The van der Waals surface area contributed by atoms with Crippen LogP contribution in [0, 0.1) is 0 Å². The first-order valence-corrected chi connectivity index (χ1v) is 15.4. The topological polar surface area (TPSA) is 51.6 Å². The zero-order chi connectivity index (χ0) is 30.5. The normalized spacial score (nSPS) is 11.5. The highest BCUT2D eigenvalue weighted by Gasteiger charge is 2.18. The van der Waals surface area contributed by atoms with Crippen molar-refractivity contribution in [3.63, 3.8) is 0 Å². The van der Waals surface area contributed by atoms with E-state index in [-0.39, 0.29) is 0 Å². The van der Waals surface area contributed by atoms with Gasteiger partial charge in [0, 0.05) is 44.6 Å². The summed E-state index contributed by atoms with van der Waals surface area (Å²) in [6.07, 6.45) is 3.72. The fourth-order valence-electron chi connectivity index (χ4n) is 6.63. The number of benzene rings is 6. The minimum absolute atomic E-state index is 0.670. The Morgan fingerprint density at radius 3 is 1.57 bits per heavy atom. The molecule has 6 aromatic carbocycles. The molecule has 0 fully saturated rings. The SMILES string of the molecule is c1ccc(-c2cc(-c3ccccc3)nc(-c3cccc(-c4nc5cnccc5c5c6ccccc6c6ccccc6c45)c3)n2)cc1. The predicted molar refractivity (Wildman–Crippen MR) is 189 cm³/mol. The minimum Gasteiger partial charge on any atom is -0.262 e. The van der Waals surface area contributed by atoms with Gasteiger partial charge in [-0.05, 0) is 39.7 Å². The van der Waals surface area contributed by atoms with Crippen molar-refractivity contribution in [2.45, 2.75) is 0 Å². The van der Waals surface area contributed by atoms with Gasteiger partial charge in [-0.2, -0.15) is 0 Å². The van der Waals surface area contributed by atoms with Crippen LogP contribution in [0.2, 0.25) is 0 Å². The van der Waals surface area contributed by atoms with Crippen LogP contribution in [0.1, 0.15) is 0 Å². The average Bonchev–Trinajstić information content (AvgIpc) is 3.15. The lowest BCUT2D eigenvalue weighted by Crippen LogP contribution is -1.97. The van der Waals surface area contributed by atoms with Gasteiger partial charge in [0.15, 0.2) is 5.82 Å². The van der Waals surface area contributed by atoms with Gasteiger partial charge < -0.3 is 0 Å². The van der Waals surface area contributed by atoms with Gasteiger partial charge in [-0.1, -0.05) is 127 Å². The number of fused-ring (bicyclic) bond motifs is 8. The molecule has 3 heterocycles. The Balaban J connectivity index is 1.33. The Bertz CT molecular complexity index is 2520. The van der Waals surface area contributed by atoms with Crippen molar-refractivity contribution >= 4 is 43.2 Å². The van der Waals surface area contributed by atoms with E-state index in [0.29, 0.717) is 5.82 Å². The van der Waals surface area contributed by atoms with E-state index in [1.807, 2.05) is 48.8 Å². The molecule has 3 aromatic heterocycles. The highest BCUT2D eigenvalue weighted by atomic mass is 14.9. The molecule has 9 aromatic rings. The maximum absolute atomic E-state index is 5.29. The van der Waals surface area contributed by atoms with Crippen LogP contribution in [0.15, 0.2) is 158 Å². The third-order valence-electron chi connectivity index (χ3n) is 8.73.